The number of allylic oxidation sites excluding steroid dienone is 7. The van der Waals surface area contributed by atoms with Crippen molar-refractivity contribution in [3.8, 4) is 0 Å². The second-order valence-corrected chi connectivity index (χ2v) is 3.16. The molecule has 0 spiro atoms. The Bertz CT molecular complexity index is 290. The smallest absolute Gasteiger partial charge is 0.0276 e. The van der Waals surface area contributed by atoms with E-state index in [1.54, 1.807) is 0 Å². The van der Waals surface area contributed by atoms with Gasteiger partial charge in [-0.2, -0.15) is 0 Å². The van der Waals surface area contributed by atoms with E-state index in [1.165, 1.54) is 11.1 Å². The first-order valence-electron chi connectivity index (χ1n) is 5.73. The van der Waals surface area contributed by atoms with Crippen molar-refractivity contribution in [1.82, 2.24) is 0 Å². The van der Waals surface area contributed by atoms with Gasteiger partial charge in [0.2, 0.25) is 0 Å². The van der Waals surface area contributed by atoms with Gasteiger partial charge in [0.15, 0.2) is 0 Å². The van der Waals surface area contributed by atoms with Gasteiger partial charge < -0.3 is 5.73 Å². The summed E-state index contributed by atoms with van der Waals surface area (Å²) < 4.78 is 0. The summed E-state index contributed by atoms with van der Waals surface area (Å²) in [4.78, 5) is 0. The van der Waals surface area contributed by atoms with Crippen LogP contribution in [0, 0.1) is 0 Å². The summed E-state index contributed by atoms with van der Waals surface area (Å²) in [5, 5.41) is 0. The largest absolute Gasteiger partial charge is 0.399 e. The summed E-state index contributed by atoms with van der Waals surface area (Å²) in [7, 11) is 0. The Morgan fingerprint density at radius 1 is 1.33 bits per heavy atom. The minimum Gasteiger partial charge on any atom is -0.399 e. The Morgan fingerprint density at radius 3 is 2.47 bits per heavy atom. The van der Waals surface area contributed by atoms with E-state index in [4.69, 9.17) is 5.73 Å². The fourth-order valence-electron chi connectivity index (χ4n) is 1.52. The first-order chi connectivity index (χ1) is 7.27. The maximum atomic E-state index is 5.75. The van der Waals surface area contributed by atoms with Crippen molar-refractivity contribution >= 4 is 0 Å². The Hall–Kier alpha value is -1.24. The predicted octanol–water partition coefficient (Wildman–Crippen LogP) is 4.10. The minimum atomic E-state index is 0.894. The van der Waals surface area contributed by atoms with Gasteiger partial charge in [0.1, 0.15) is 0 Å². The van der Waals surface area contributed by atoms with E-state index in [0.29, 0.717) is 0 Å². The van der Waals surface area contributed by atoms with Crippen LogP contribution in [0.15, 0.2) is 47.2 Å². The SMILES string of the molecule is C/C=C\C(=C/C)C1=CC(N)=CCC1.CC. The van der Waals surface area contributed by atoms with E-state index in [1.807, 2.05) is 20.8 Å². The molecule has 1 heteroatoms. The van der Waals surface area contributed by atoms with Gasteiger partial charge in [0.05, 0.1) is 0 Å². The average Bonchev–Trinajstić information content (AvgIpc) is 2.28. The first kappa shape index (κ1) is 13.8. The second kappa shape index (κ2) is 8.10. The summed E-state index contributed by atoms with van der Waals surface area (Å²) in [6.45, 7) is 8.09. The second-order valence-electron chi connectivity index (χ2n) is 3.16. The molecule has 0 bridgehead atoms. The molecule has 1 rings (SSSR count). The molecule has 2 N–H and O–H groups in total. The molecule has 0 saturated carbocycles. The van der Waals surface area contributed by atoms with Gasteiger partial charge in [-0.05, 0) is 43.9 Å². The predicted molar refractivity (Wildman–Crippen MR) is 69.5 cm³/mol. The van der Waals surface area contributed by atoms with Crippen molar-refractivity contribution in [2.45, 2.75) is 40.5 Å². The molecule has 1 nitrogen and oxygen atoms in total. The standard InChI is InChI=1S/C12H17N.C2H6/c1-3-6-10(4-2)11-7-5-8-12(13)9-11;1-2/h3-4,6,8-9H,5,7,13H2,1-2H3;1-2H3/b6-3-,10-4+;. The molecule has 0 atom stereocenters. The highest BCUT2D eigenvalue weighted by molar-refractivity contribution is 5.44. The fourth-order valence-corrected chi connectivity index (χ4v) is 1.52. The molecule has 0 aliphatic heterocycles. The maximum Gasteiger partial charge on any atom is 0.0276 e. The summed E-state index contributed by atoms with van der Waals surface area (Å²) in [6.07, 6.45) is 12.6. The Morgan fingerprint density at radius 2 is 2.00 bits per heavy atom. The lowest BCUT2D eigenvalue weighted by Crippen LogP contribution is -2.01. The van der Waals surface area contributed by atoms with Crippen molar-refractivity contribution < 1.29 is 0 Å². The van der Waals surface area contributed by atoms with E-state index in [0.717, 1.165) is 18.5 Å². The van der Waals surface area contributed by atoms with E-state index in [9.17, 15) is 0 Å². The van der Waals surface area contributed by atoms with Crippen LogP contribution in [0.4, 0.5) is 0 Å². The molecular formula is C14H23N. The molecule has 0 fully saturated rings. The number of nitrogens with two attached hydrogens (primary N) is 1. The van der Waals surface area contributed by atoms with Gasteiger partial charge in [-0.3, -0.25) is 0 Å². The minimum absolute atomic E-state index is 0.894. The van der Waals surface area contributed by atoms with Crippen LogP contribution in [0.25, 0.3) is 0 Å². The summed E-state index contributed by atoms with van der Waals surface area (Å²) >= 11 is 0. The van der Waals surface area contributed by atoms with E-state index < -0.39 is 0 Å². The monoisotopic (exact) mass is 205 g/mol. The topological polar surface area (TPSA) is 26.0 Å². The highest BCUT2D eigenvalue weighted by atomic mass is 14.6. The zero-order chi connectivity index (χ0) is 11.7. The van der Waals surface area contributed by atoms with Crippen molar-refractivity contribution in [2.24, 2.45) is 5.73 Å². The summed E-state index contributed by atoms with van der Waals surface area (Å²) in [5.74, 6) is 0. The molecule has 84 valence electrons. The van der Waals surface area contributed by atoms with Gasteiger partial charge in [-0.15, -0.1) is 0 Å². The normalized spacial score (nSPS) is 16.7. The molecule has 0 aromatic heterocycles. The third kappa shape index (κ3) is 4.68. The molecule has 0 heterocycles. The molecule has 0 radical (unpaired) electrons. The molecule has 0 amide bonds. The zero-order valence-electron chi connectivity index (χ0n) is 10.4. The Labute approximate surface area is 94.1 Å². The summed E-state index contributed by atoms with van der Waals surface area (Å²) in [5.41, 5.74) is 9.28. The van der Waals surface area contributed by atoms with Gasteiger partial charge in [0, 0.05) is 5.70 Å². The lowest BCUT2D eigenvalue weighted by molar-refractivity contribution is 0.955. The third-order valence-corrected chi connectivity index (χ3v) is 2.16. The number of hydrogen-bond donors (Lipinski definition) is 1. The van der Waals surface area contributed by atoms with Gasteiger partial charge in [-0.1, -0.05) is 38.2 Å². The van der Waals surface area contributed by atoms with Gasteiger partial charge >= 0.3 is 0 Å². The lowest BCUT2D eigenvalue weighted by atomic mass is 9.95. The highest BCUT2D eigenvalue weighted by Gasteiger charge is 2.05. The lowest BCUT2D eigenvalue weighted by Gasteiger charge is -2.12. The molecule has 0 unspecified atom stereocenters. The third-order valence-electron chi connectivity index (χ3n) is 2.16. The van der Waals surface area contributed by atoms with Gasteiger partial charge in [0.25, 0.3) is 0 Å². The number of hydrogen-bond acceptors (Lipinski definition) is 1. The molecule has 1 aliphatic rings. The van der Waals surface area contributed by atoms with Crippen LogP contribution in [-0.4, -0.2) is 0 Å². The van der Waals surface area contributed by atoms with Crippen LogP contribution in [0.5, 0.6) is 0 Å². The van der Waals surface area contributed by atoms with Gasteiger partial charge in [-0.25, -0.2) is 0 Å². The molecule has 0 aromatic carbocycles. The summed E-state index contributed by atoms with van der Waals surface area (Å²) in [6, 6.07) is 0. The van der Waals surface area contributed by atoms with Crippen LogP contribution >= 0.6 is 0 Å². The van der Waals surface area contributed by atoms with E-state index in [-0.39, 0.29) is 0 Å². The van der Waals surface area contributed by atoms with Crippen molar-refractivity contribution in [3.63, 3.8) is 0 Å². The molecule has 0 aromatic rings. The van der Waals surface area contributed by atoms with E-state index in [2.05, 4.69) is 37.3 Å². The highest BCUT2D eigenvalue weighted by Crippen LogP contribution is 2.22. The average molecular weight is 205 g/mol. The van der Waals surface area contributed by atoms with Crippen LogP contribution in [-0.2, 0) is 0 Å². The quantitative estimate of drug-likeness (QED) is 0.675. The number of rotatable bonds is 2. The van der Waals surface area contributed by atoms with Crippen LogP contribution in [0.3, 0.4) is 0 Å². The molecule has 1 aliphatic carbocycles. The maximum absolute atomic E-state index is 5.75. The van der Waals surface area contributed by atoms with Crippen LogP contribution in [0.1, 0.15) is 40.5 Å². The van der Waals surface area contributed by atoms with Crippen molar-refractivity contribution in [1.29, 1.82) is 0 Å². The van der Waals surface area contributed by atoms with Crippen molar-refractivity contribution in [3.05, 3.63) is 47.2 Å². The molecule has 15 heavy (non-hydrogen) atoms. The fraction of sp³-hybridized carbons (Fsp3) is 0.429. The Kier molecular flexibility index (Phi) is 7.43. The zero-order valence-corrected chi connectivity index (χ0v) is 10.4. The van der Waals surface area contributed by atoms with Crippen molar-refractivity contribution in [2.75, 3.05) is 0 Å². The van der Waals surface area contributed by atoms with E-state index >= 15 is 0 Å². The molecule has 0 saturated heterocycles. The molecular weight excluding hydrogens is 182 g/mol. The Balaban J connectivity index is 0.000000921. The van der Waals surface area contributed by atoms with Crippen LogP contribution in [0.2, 0.25) is 0 Å². The van der Waals surface area contributed by atoms with Crippen LogP contribution < -0.4 is 5.73 Å². The first-order valence-corrected chi connectivity index (χ1v) is 5.73.